The molecule has 4 aliphatic carbocycles. The summed E-state index contributed by atoms with van der Waals surface area (Å²) in [6.45, 7) is 17.3. The van der Waals surface area contributed by atoms with Gasteiger partial charge in [-0.2, -0.15) is 0 Å². The average molecular weight is 610 g/mol. The average Bonchev–Trinajstić information content (AvgIpc) is 3.36. The van der Waals surface area contributed by atoms with Crippen molar-refractivity contribution in [3.8, 4) is 0 Å². The molecule has 8 atom stereocenters. The van der Waals surface area contributed by atoms with Crippen LogP contribution < -0.4 is 0 Å². The van der Waals surface area contributed by atoms with Crippen LogP contribution in [0.3, 0.4) is 0 Å². The van der Waals surface area contributed by atoms with Gasteiger partial charge in [0, 0.05) is 0 Å². The minimum absolute atomic E-state index is 0.434. The second kappa shape index (κ2) is 18.3. The topological polar surface area (TPSA) is 9.23 Å². The molecule has 0 aromatic heterocycles. The predicted octanol–water partition coefficient (Wildman–Crippen LogP) is 14.1. The minimum Gasteiger partial charge on any atom is -0.372 e. The van der Waals surface area contributed by atoms with E-state index < -0.39 is 0 Å². The van der Waals surface area contributed by atoms with Gasteiger partial charge in [-0.3, -0.25) is 0 Å². The van der Waals surface area contributed by atoms with Crippen molar-refractivity contribution in [1.82, 2.24) is 0 Å². The zero-order valence-electron chi connectivity index (χ0n) is 30.8. The molecule has 1 radical (unpaired) electrons. The number of rotatable bonds is 21. The Hall–Kier alpha value is -0.300. The normalized spacial score (nSPS) is 34.0. The Morgan fingerprint density at radius 3 is 2.07 bits per heavy atom. The molecule has 0 aromatic carbocycles. The molecule has 0 saturated heterocycles. The lowest BCUT2D eigenvalue weighted by Gasteiger charge is -2.58. The van der Waals surface area contributed by atoms with Crippen molar-refractivity contribution in [1.29, 1.82) is 0 Å². The molecule has 4 aliphatic rings. The summed E-state index contributed by atoms with van der Waals surface area (Å²) in [7, 11) is 0. The zero-order valence-corrected chi connectivity index (χ0v) is 30.8. The molecule has 0 aromatic rings. The van der Waals surface area contributed by atoms with E-state index in [4.69, 9.17) is 4.74 Å². The number of hydrogen-bond donors (Lipinski definition) is 0. The maximum Gasteiger partial charge on any atom is 0.0840 e. The van der Waals surface area contributed by atoms with E-state index in [1.165, 1.54) is 154 Å². The van der Waals surface area contributed by atoms with Crippen molar-refractivity contribution in [2.24, 2.45) is 46.3 Å². The summed E-state index contributed by atoms with van der Waals surface area (Å²) < 4.78 is 6.43. The molecule has 4 rings (SSSR count). The van der Waals surface area contributed by atoms with E-state index in [1.54, 1.807) is 5.57 Å². The van der Waals surface area contributed by atoms with E-state index in [2.05, 4.69) is 54.2 Å². The van der Waals surface area contributed by atoms with Crippen molar-refractivity contribution in [2.45, 2.75) is 208 Å². The Kier molecular flexibility index (Phi) is 15.2. The van der Waals surface area contributed by atoms with Gasteiger partial charge in [-0.25, -0.2) is 0 Å². The standard InChI is InChI=1S/C43H77O/c1-7-8-9-10-11-12-13-14-15-16-17-18-19-20-32-44-37-28-30-42(5)36(33-37)24-25-38-40-27-26-39(35(4)23-21-22-34(2)3)43(40,6)31-29-41(38)42/h24,32,34-35,37-41H,7-23,25-31,33H2,1-6H3/t35-,37+,38+,39-,40+,41+,42+,43-/m1/s1. The largest absolute Gasteiger partial charge is 0.372 e. The van der Waals surface area contributed by atoms with Gasteiger partial charge in [-0.15, -0.1) is 0 Å². The predicted molar refractivity (Wildman–Crippen MR) is 193 cm³/mol. The first-order chi connectivity index (χ1) is 21.3. The molecule has 0 heterocycles. The lowest BCUT2D eigenvalue weighted by atomic mass is 9.47. The van der Waals surface area contributed by atoms with E-state index in [-0.39, 0.29) is 0 Å². The second-order valence-electron chi connectivity index (χ2n) is 17.5. The van der Waals surface area contributed by atoms with Crippen LogP contribution in [0.2, 0.25) is 0 Å². The van der Waals surface area contributed by atoms with Crippen LogP contribution in [-0.4, -0.2) is 6.10 Å². The van der Waals surface area contributed by atoms with Crippen LogP contribution in [0.25, 0.3) is 0 Å². The van der Waals surface area contributed by atoms with Gasteiger partial charge in [0.2, 0.25) is 0 Å². The highest BCUT2D eigenvalue weighted by Crippen LogP contribution is 2.67. The van der Waals surface area contributed by atoms with Crippen LogP contribution in [-0.2, 0) is 4.74 Å². The summed E-state index contributed by atoms with van der Waals surface area (Å²) in [6, 6.07) is 0. The lowest BCUT2D eigenvalue weighted by molar-refractivity contribution is -0.0601. The first-order valence-electron chi connectivity index (χ1n) is 20.5. The molecule has 0 spiro atoms. The summed E-state index contributed by atoms with van der Waals surface area (Å²) in [5.74, 6) is 5.57. The third-order valence-corrected chi connectivity index (χ3v) is 14.0. The van der Waals surface area contributed by atoms with E-state index in [9.17, 15) is 0 Å². The van der Waals surface area contributed by atoms with Gasteiger partial charge in [0.15, 0.2) is 0 Å². The van der Waals surface area contributed by atoms with Crippen molar-refractivity contribution in [3.05, 3.63) is 18.3 Å². The van der Waals surface area contributed by atoms with Gasteiger partial charge in [0.1, 0.15) is 0 Å². The molecule has 3 fully saturated rings. The van der Waals surface area contributed by atoms with Crippen LogP contribution in [0.4, 0.5) is 0 Å². The molecule has 0 amide bonds. The number of hydrogen-bond acceptors (Lipinski definition) is 1. The van der Waals surface area contributed by atoms with Gasteiger partial charge in [-0.05, 0) is 104 Å². The van der Waals surface area contributed by atoms with E-state index in [0.29, 0.717) is 16.9 Å². The second-order valence-corrected chi connectivity index (χ2v) is 17.5. The fraction of sp³-hybridized carbons (Fsp3) is 0.930. The highest BCUT2D eigenvalue weighted by atomic mass is 16.5. The molecule has 1 nitrogen and oxygen atoms in total. The maximum absolute atomic E-state index is 6.43. The molecule has 1 heteroatoms. The lowest BCUT2D eigenvalue weighted by Crippen LogP contribution is -2.51. The molecular weight excluding hydrogens is 532 g/mol. The first kappa shape index (κ1) is 36.5. The summed E-state index contributed by atoms with van der Waals surface area (Å²) in [5.41, 5.74) is 2.83. The van der Waals surface area contributed by atoms with Crippen LogP contribution in [0.5, 0.6) is 0 Å². The zero-order chi connectivity index (χ0) is 31.4. The first-order valence-corrected chi connectivity index (χ1v) is 20.5. The van der Waals surface area contributed by atoms with Gasteiger partial charge < -0.3 is 4.74 Å². The van der Waals surface area contributed by atoms with Crippen molar-refractivity contribution < 1.29 is 4.74 Å². The van der Waals surface area contributed by atoms with Crippen molar-refractivity contribution >= 4 is 0 Å². The SMILES string of the molecule is CCCCCCCCCCCCCCC[CH]O[C@H]1CC[C@@]2(C)C(=CC[C@H]3[C@@H]4CC[C@H]([C@H](C)CCCC(C)C)[C@@]4(C)CC[C@@H]32)C1. The molecule has 3 saturated carbocycles. The summed E-state index contributed by atoms with van der Waals surface area (Å²) in [6.07, 6.45) is 38.4. The fourth-order valence-electron chi connectivity index (χ4n) is 11.2. The molecular formula is C43H77O. The van der Waals surface area contributed by atoms with Gasteiger partial charge in [-0.1, -0.05) is 156 Å². The van der Waals surface area contributed by atoms with Crippen LogP contribution in [0.15, 0.2) is 11.6 Å². The summed E-state index contributed by atoms with van der Waals surface area (Å²) in [5, 5.41) is 0. The fourth-order valence-corrected chi connectivity index (χ4v) is 11.2. The van der Waals surface area contributed by atoms with E-state index in [1.807, 2.05) is 0 Å². The minimum atomic E-state index is 0.434. The smallest absolute Gasteiger partial charge is 0.0840 e. The van der Waals surface area contributed by atoms with E-state index >= 15 is 0 Å². The van der Waals surface area contributed by atoms with Crippen LogP contribution in [0.1, 0.15) is 202 Å². The summed E-state index contributed by atoms with van der Waals surface area (Å²) in [4.78, 5) is 0. The number of fused-ring (bicyclic) bond motifs is 5. The molecule has 255 valence electrons. The third-order valence-electron chi connectivity index (χ3n) is 14.0. The van der Waals surface area contributed by atoms with E-state index in [0.717, 1.165) is 41.9 Å². The Bertz CT molecular complexity index is 827. The maximum atomic E-state index is 6.43. The molecule has 0 bridgehead atoms. The molecule has 0 unspecified atom stereocenters. The van der Waals surface area contributed by atoms with Crippen molar-refractivity contribution in [2.75, 3.05) is 0 Å². The van der Waals surface area contributed by atoms with Crippen molar-refractivity contribution in [3.63, 3.8) is 0 Å². The Morgan fingerprint density at radius 1 is 0.750 bits per heavy atom. The number of allylic oxidation sites excluding steroid dienone is 1. The highest BCUT2D eigenvalue weighted by molar-refractivity contribution is 5.25. The Labute approximate surface area is 276 Å². The monoisotopic (exact) mass is 610 g/mol. The molecule has 0 N–H and O–H groups in total. The van der Waals surface area contributed by atoms with Gasteiger partial charge in [0.05, 0.1) is 12.7 Å². The Morgan fingerprint density at radius 2 is 1.41 bits per heavy atom. The summed E-state index contributed by atoms with van der Waals surface area (Å²) >= 11 is 0. The highest BCUT2D eigenvalue weighted by Gasteiger charge is 2.59. The Balaban J connectivity index is 1.11. The number of unbranched alkanes of at least 4 members (excludes halogenated alkanes) is 13. The third kappa shape index (κ3) is 9.63. The van der Waals surface area contributed by atoms with Gasteiger partial charge in [0.25, 0.3) is 0 Å². The molecule has 44 heavy (non-hydrogen) atoms. The molecule has 0 aliphatic heterocycles. The van der Waals surface area contributed by atoms with Gasteiger partial charge >= 0.3 is 0 Å². The quantitative estimate of drug-likeness (QED) is 0.0929. The van der Waals surface area contributed by atoms with Crippen LogP contribution in [0, 0.1) is 52.9 Å². The number of ether oxygens (including phenoxy) is 1. The van der Waals surface area contributed by atoms with Crippen LogP contribution >= 0.6 is 0 Å².